The average Bonchev–Trinajstić information content (AvgIpc) is 3.13. The molecule has 1 aromatic carbocycles. The second kappa shape index (κ2) is 6.60. The largest absolute Gasteiger partial charge is 0.476 e. The van der Waals surface area contributed by atoms with Crippen molar-refractivity contribution < 1.29 is 14.7 Å². The van der Waals surface area contributed by atoms with Crippen LogP contribution < -0.4 is 5.32 Å². The van der Waals surface area contributed by atoms with E-state index >= 15 is 0 Å². The van der Waals surface area contributed by atoms with Crippen LogP contribution in [0, 0.1) is 5.92 Å². The molecule has 2 aromatic rings. The standard InChI is InChI=1S/C16H18N4O3/c21-15(9-11-7-12-3-1-2-4-13(12)8-11)17-5-6-20-10-14(16(22)23)18-19-20/h1-4,10-11H,5-9H2,(H,17,21)(H,22,23). The molecule has 0 atom stereocenters. The van der Waals surface area contributed by atoms with Crippen molar-refractivity contribution >= 4 is 11.9 Å². The Morgan fingerprint density at radius 1 is 1.26 bits per heavy atom. The van der Waals surface area contributed by atoms with Crippen LogP contribution in [0.4, 0.5) is 0 Å². The van der Waals surface area contributed by atoms with Gasteiger partial charge in [0.1, 0.15) is 0 Å². The first kappa shape index (κ1) is 15.2. The minimum atomic E-state index is -1.11. The van der Waals surface area contributed by atoms with Gasteiger partial charge in [0.05, 0.1) is 12.7 Å². The molecular weight excluding hydrogens is 296 g/mol. The highest BCUT2D eigenvalue weighted by Crippen LogP contribution is 2.28. The number of nitrogens with one attached hydrogen (secondary N) is 1. The number of fused-ring (bicyclic) bond motifs is 1. The Balaban J connectivity index is 1.41. The second-order valence-electron chi connectivity index (χ2n) is 5.77. The Morgan fingerprint density at radius 2 is 1.96 bits per heavy atom. The van der Waals surface area contributed by atoms with Crippen molar-refractivity contribution in [2.75, 3.05) is 6.54 Å². The minimum absolute atomic E-state index is 0.0152. The van der Waals surface area contributed by atoms with Crippen LogP contribution in [0.5, 0.6) is 0 Å². The molecule has 7 nitrogen and oxygen atoms in total. The lowest BCUT2D eigenvalue weighted by molar-refractivity contribution is -0.122. The van der Waals surface area contributed by atoms with E-state index in [9.17, 15) is 9.59 Å². The molecule has 1 amide bonds. The lowest BCUT2D eigenvalue weighted by atomic mass is 10.0. The van der Waals surface area contributed by atoms with E-state index in [0.717, 1.165) is 12.8 Å². The number of carboxylic acid groups (broad SMARTS) is 1. The van der Waals surface area contributed by atoms with Crippen LogP contribution >= 0.6 is 0 Å². The molecule has 0 aliphatic heterocycles. The van der Waals surface area contributed by atoms with Gasteiger partial charge in [-0.25, -0.2) is 9.48 Å². The number of amides is 1. The Morgan fingerprint density at radius 3 is 2.57 bits per heavy atom. The summed E-state index contributed by atoms with van der Waals surface area (Å²) < 4.78 is 1.41. The van der Waals surface area contributed by atoms with E-state index in [-0.39, 0.29) is 11.6 Å². The van der Waals surface area contributed by atoms with Gasteiger partial charge in [0.15, 0.2) is 5.69 Å². The van der Waals surface area contributed by atoms with E-state index < -0.39 is 5.97 Å². The number of benzene rings is 1. The highest BCUT2D eigenvalue weighted by atomic mass is 16.4. The number of hydrogen-bond acceptors (Lipinski definition) is 4. The van der Waals surface area contributed by atoms with Gasteiger partial charge in [0.2, 0.25) is 5.91 Å². The molecule has 0 spiro atoms. The van der Waals surface area contributed by atoms with E-state index in [0.29, 0.717) is 25.4 Å². The van der Waals surface area contributed by atoms with Crippen molar-refractivity contribution in [3.8, 4) is 0 Å². The van der Waals surface area contributed by atoms with Gasteiger partial charge < -0.3 is 10.4 Å². The van der Waals surface area contributed by atoms with Crippen molar-refractivity contribution in [2.24, 2.45) is 5.92 Å². The smallest absolute Gasteiger partial charge is 0.358 e. The number of nitrogens with zero attached hydrogens (tertiary/aromatic N) is 3. The summed E-state index contributed by atoms with van der Waals surface area (Å²) in [4.78, 5) is 22.7. The van der Waals surface area contributed by atoms with E-state index in [4.69, 9.17) is 5.11 Å². The van der Waals surface area contributed by atoms with Gasteiger partial charge in [-0.1, -0.05) is 29.5 Å². The maximum atomic E-state index is 12.0. The number of carboxylic acids is 1. The molecule has 0 radical (unpaired) electrons. The minimum Gasteiger partial charge on any atom is -0.476 e. The Bertz CT molecular complexity index is 701. The topological polar surface area (TPSA) is 97.1 Å². The van der Waals surface area contributed by atoms with Gasteiger partial charge in [-0.3, -0.25) is 4.79 Å². The van der Waals surface area contributed by atoms with Gasteiger partial charge in [-0.05, 0) is 29.9 Å². The molecule has 1 aliphatic carbocycles. The van der Waals surface area contributed by atoms with Crippen molar-refractivity contribution in [1.82, 2.24) is 20.3 Å². The summed E-state index contributed by atoms with van der Waals surface area (Å²) >= 11 is 0. The summed E-state index contributed by atoms with van der Waals surface area (Å²) in [5, 5.41) is 18.8. The number of carbonyl (C=O) groups excluding carboxylic acids is 1. The number of rotatable bonds is 6. The summed E-state index contributed by atoms with van der Waals surface area (Å²) in [5.74, 6) is -0.736. The number of aromatic carboxylic acids is 1. The lowest BCUT2D eigenvalue weighted by Gasteiger charge is -2.09. The van der Waals surface area contributed by atoms with Crippen molar-refractivity contribution in [3.63, 3.8) is 0 Å². The summed E-state index contributed by atoms with van der Waals surface area (Å²) in [6, 6.07) is 8.31. The zero-order chi connectivity index (χ0) is 16.2. The fourth-order valence-electron chi connectivity index (χ4n) is 2.94. The molecule has 1 aromatic heterocycles. The molecule has 0 unspecified atom stereocenters. The predicted molar refractivity (Wildman–Crippen MR) is 81.9 cm³/mol. The monoisotopic (exact) mass is 314 g/mol. The van der Waals surface area contributed by atoms with Crippen molar-refractivity contribution in [3.05, 3.63) is 47.3 Å². The fraction of sp³-hybridized carbons (Fsp3) is 0.375. The van der Waals surface area contributed by atoms with Crippen LogP contribution in [-0.2, 0) is 24.2 Å². The third-order valence-electron chi connectivity index (χ3n) is 4.03. The quantitative estimate of drug-likeness (QED) is 0.825. The van der Waals surface area contributed by atoms with Crippen LogP contribution in [0.15, 0.2) is 30.5 Å². The Kier molecular flexibility index (Phi) is 4.36. The highest BCUT2D eigenvalue weighted by Gasteiger charge is 2.23. The molecule has 0 saturated carbocycles. The normalized spacial score (nSPS) is 13.7. The third kappa shape index (κ3) is 3.74. The summed E-state index contributed by atoms with van der Waals surface area (Å²) in [7, 11) is 0. The van der Waals surface area contributed by atoms with Crippen LogP contribution in [0.3, 0.4) is 0 Å². The summed E-state index contributed by atoms with van der Waals surface area (Å²) in [5.41, 5.74) is 2.59. The second-order valence-corrected chi connectivity index (χ2v) is 5.77. The molecule has 1 heterocycles. The lowest BCUT2D eigenvalue weighted by Crippen LogP contribution is -2.29. The zero-order valence-electron chi connectivity index (χ0n) is 12.6. The molecule has 0 fully saturated rings. The SMILES string of the molecule is O=C(CC1Cc2ccccc2C1)NCCn1cc(C(=O)O)nn1. The van der Waals surface area contributed by atoms with Gasteiger partial charge in [0, 0.05) is 13.0 Å². The maximum absolute atomic E-state index is 12.0. The van der Waals surface area contributed by atoms with E-state index in [1.807, 2.05) is 12.1 Å². The Labute approximate surface area is 133 Å². The number of hydrogen-bond donors (Lipinski definition) is 2. The summed E-state index contributed by atoms with van der Waals surface area (Å²) in [6.07, 6.45) is 3.76. The molecule has 2 N–H and O–H groups in total. The van der Waals surface area contributed by atoms with Gasteiger partial charge >= 0.3 is 5.97 Å². The zero-order valence-corrected chi connectivity index (χ0v) is 12.6. The predicted octanol–water partition coefficient (Wildman–Crippen LogP) is 0.898. The maximum Gasteiger partial charge on any atom is 0.358 e. The molecule has 3 rings (SSSR count). The van der Waals surface area contributed by atoms with Gasteiger partial charge in [0.25, 0.3) is 0 Å². The molecule has 23 heavy (non-hydrogen) atoms. The van der Waals surface area contributed by atoms with E-state index in [2.05, 4.69) is 27.8 Å². The molecule has 7 heteroatoms. The Hall–Kier alpha value is -2.70. The van der Waals surface area contributed by atoms with Crippen molar-refractivity contribution in [1.29, 1.82) is 0 Å². The first-order valence-corrected chi connectivity index (χ1v) is 7.58. The van der Waals surface area contributed by atoms with Crippen LogP contribution in [0.1, 0.15) is 28.0 Å². The van der Waals surface area contributed by atoms with E-state index in [1.54, 1.807) is 0 Å². The highest BCUT2D eigenvalue weighted by molar-refractivity contribution is 5.84. The van der Waals surface area contributed by atoms with Crippen LogP contribution in [0.25, 0.3) is 0 Å². The third-order valence-corrected chi connectivity index (χ3v) is 4.03. The van der Waals surface area contributed by atoms with Crippen LogP contribution in [-0.4, -0.2) is 38.5 Å². The average molecular weight is 314 g/mol. The van der Waals surface area contributed by atoms with Gasteiger partial charge in [-0.15, -0.1) is 5.10 Å². The fourth-order valence-corrected chi connectivity index (χ4v) is 2.94. The molecule has 1 aliphatic rings. The number of aromatic nitrogens is 3. The number of carbonyl (C=O) groups is 2. The first-order valence-electron chi connectivity index (χ1n) is 7.58. The molecule has 0 saturated heterocycles. The van der Waals surface area contributed by atoms with Crippen LogP contribution in [0.2, 0.25) is 0 Å². The molecule has 120 valence electrons. The van der Waals surface area contributed by atoms with E-state index in [1.165, 1.54) is 22.0 Å². The first-order chi connectivity index (χ1) is 11.1. The molecule has 0 bridgehead atoms. The summed E-state index contributed by atoms with van der Waals surface area (Å²) in [6.45, 7) is 0.803. The van der Waals surface area contributed by atoms with Crippen molar-refractivity contribution in [2.45, 2.75) is 25.8 Å². The molecular formula is C16H18N4O3. The van der Waals surface area contributed by atoms with Gasteiger partial charge in [-0.2, -0.15) is 0 Å².